The summed E-state index contributed by atoms with van der Waals surface area (Å²) in [6.45, 7) is 0.626. The van der Waals surface area contributed by atoms with Crippen molar-refractivity contribution in [1.82, 2.24) is 14.7 Å². The van der Waals surface area contributed by atoms with E-state index in [4.69, 9.17) is 4.42 Å². The van der Waals surface area contributed by atoms with E-state index in [1.165, 1.54) is 16.2 Å². The zero-order valence-corrected chi connectivity index (χ0v) is 14.4. The van der Waals surface area contributed by atoms with Gasteiger partial charge in [0.05, 0.1) is 10.9 Å². The fraction of sp³-hybridized carbons (Fsp3) is 0.312. The lowest BCUT2D eigenvalue weighted by Gasteiger charge is -2.23. The first-order valence-corrected chi connectivity index (χ1v) is 9.43. The number of hydrogen-bond acceptors (Lipinski definition) is 6. The first-order chi connectivity index (χ1) is 11.7. The summed E-state index contributed by atoms with van der Waals surface area (Å²) in [6, 6.07) is 7.85. The number of thiophene rings is 2. The Morgan fingerprint density at radius 2 is 2.12 bits per heavy atom. The third-order valence-corrected chi connectivity index (χ3v) is 5.90. The number of rotatable bonds is 4. The van der Waals surface area contributed by atoms with Gasteiger partial charge in [-0.2, -0.15) is 4.68 Å². The highest BCUT2D eigenvalue weighted by atomic mass is 32.1. The fourth-order valence-electron chi connectivity index (χ4n) is 2.97. The largest absolute Gasteiger partial charge is 0.437 e. The van der Waals surface area contributed by atoms with E-state index >= 15 is 0 Å². The average Bonchev–Trinajstić information content (AvgIpc) is 3.36. The number of aromatic nitrogens is 2. The molecule has 1 saturated heterocycles. The molecule has 1 atom stereocenters. The standard InChI is InChI=1S/C16H15N3O3S2/c20-14(18-7-1-4-11(18)12-5-2-8-23-12)10-19-16(21)22-15(17-19)13-6-3-9-24-13/h2-3,5-6,8-9,11H,1,4,7,10H2/t11-/m0/s1. The minimum absolute atomic E-state index is 0.0877. The number of likely N-dealkylation sites (tertiary alicyclic amines) is 1. The Morgan fingerprint density at radius 3 is 2.88 bits per heavy atom. The van der Waals surface area contributed by atoms with E-state index in [1.807, 2.05) is 33.9 Å². The summed E-state index contributed by atoms with van der Waals surface area (Å²) in [5.41, 5.74) is 0. The van der Waals surface area contributed by atoms with Crippen molar-refractivity contribution in [3.05, 3.63) is 50.5 Å². The number of hydrogen-bond donors (Lipinski definition) is 0. The predicted octanol–water partition coefficient (Wildman–Crippen LogP) is 2.99. The molecule has 0 saturated carbocycles. The van der Waals surface area contributed by atoms with Crippen molar-refractivity contribution >= 4 is 28.6 Å². The molecule has 0 radical (unpaired) electrons. The average molecular weight is 361 g/mol. The fourth-order valence-corrected chi connectivity index (χ4v) is 4.48. The van der Waals surface area contributed by atoms with Crippen LogP contribution < -0.4 is 5.76 Å². The number of amides is 1. The minimum atomic E-state index is -0.598. The van der Waals surface area contributed by atoms with Gasteiger partial charge in [0.1, 0.15) is 6.54 Å². The molecule has 1 aliphatic heterocycles. The summed E-state index contributed by atoms with van der Waals surface area (Å²) < 4.78 is 6.27. The van der Waals surface area contributed by atoms with Gasteiger partial charge in [0.15, 0.2) is 0 Å². The van der Waals surface area contributed by atoms with Crippen molar-refractivity contribution in [2.24, 2.45) is 0 Å². The predicted molar refractivity (Wildman–Crippen MR) is 92.1 cm³/mol. The van der Waals surface area contributed by atoms with Gasteiger partial charge in [0.2, 0.25) is 5.91 Å². The van der Waals surface area contributed by atoms with E-state index in [-0.39, 0.29) is 24.4 Å². The van der Waals surface area contributed by atoms with Gasteiger partial charge < -0.3 is 9.32 Å². The Bertz CT molecular complexity index is 880. The third kappa shape index (κ3) is 2.83. The van der Waals surface area contributed by atoms with Crippen molar-refractivity contribution < 1.29 is 9.21 Å². The first-order valence-electron chi connectivity index (χ1n) is 7.67. The summed E-state index contributed by atoms with van der Waals surface area (Å²) >= 11 is 3.10. The van der Waals surface area contributed by atoms with Crippen LogP contribution in [0.2, 0.25) is 0 Å². The maximum absolute atomic E-state index is 12.7. The maximum Gasteiger partial charge on any atom is 0.437 e. The normalized spacial score (nSPS) is 17.5. The second-order valence-corrected chi connectivity index (χ2v) is 7.50. The Hall–Kier alpha value is -2.19. The van der Waals surface area contributed by atoms with Crippen LogP contribution >= 0.6 is 22.7 Å². The summed E-state index contributed by atoms with van der Waals surface area (Å²) in [4.78, 5) is 28.4. The van der Waals surface area contributed by atoms with Gasteiger partial charge in [-0.3, -0.25) is 4.79 Å². The van der Waals surface area contributed by atoms with E-state index < -0.39 is 5.76 Å². The lowest BCUT2D eigenvalue weighted by molar-refractivity contribution is -0.133. The van der Waals surface area contributed by atoms with Crippen molar-refractivity contribution in [3.8, 4) is 10.8 Å². The molecule has 0 bridgehead atoms. The Labute approximate surface area is 146 Å². The molecule has 3 aromatic heterocycles. The number of carbonyl (C=O) groups is 1. The molecule has 0 unspecified atom stereocenters. The molecule has 0 aromatic carbocycles. The zero-order valence-electron chi connectivity index (χ0n) is 12.8. The van der Waals surface area contributed by atoms with E-state index in [1.54, 1.807) is 11.3 Å². The highest BCUT2D eigenvalue weighted by Gasteiger charge is 2.31. The third-order valence-electron chi connectivity index (χ3n) is 4.07. The molecule has 4 rings (SSSR count). The van der Waals surface area contributed by atoms with Crippen LogP contribution in [0.4, 0.5) is 0 Å². The van der Waals surface area contributed by atoms with Crippen LogP contribution in [0.5, 0.6) is 0 Å². The highest BCUT2D eigenvalue weighted by Crippen LogP contribution is 2.34. The van der Waals surface area contributed by atoms with Crippen molar-refractivity contribution in [2.75, 3.05) is 6.54 Å². The van der Waals surface area contributed by atoms with Crippen LogP contribution in [0.3, 0.4) is 0 Å². The van der Waals surface area contributed by atoms with Gasteiger partial charge in [-0.1, -0.05) is 12.1 Å². The van der Waals surface area contributed by atoms with Crippen LogP contribution in [-0.4, -0.2) is 27.1 Å². The molecule has 0 aliphatic carbocycles. The molecule has 124 valence electrons. The topological polar surface area (TPSA) is 68.3 Å². The van der Waals surface area contributed by atoms with Crippen LogP contribution in [0.25, 0.3) is 10.8 Å². The smallest absolute Gasteiger partial charge is 0.387 e. The molecule has 24 heavy (non-hydrogen) atoms. The molecular weight excluding hydrogens is 346 g/mol. The quantitative estimate of drug-likeness (QED) is 0.716. The lowest BCUT2D eigenvalue weighted by Crippen LogP contribution is -2.35. The number of carbonyl (C=O) groups excluding carboxylic acids is 1. The molecule has 1 aliphatic rings. The summed E-state index contributed by atoms with van der Waals surface area (Å²) in [5.74, 6) is -0.434. The summed E-state index contributed by atoms with van der Waals surface area (Å²) in [6.07, 6.45) is 1.93. The summed E-state index contributed by atoms with van der Waals surface area (Å²) in [7, 11) is 0. The highest BCUT2D eigenvalue weighted by molar-refractivity contribution is 7.13. The van der Waals surface area contributed by atoms with Crippen molar-refractivity contribution in [1.29, 1.82) is 0 Å². The molecule has 0 N–H and O–H groups in total. The van der Waals surface area contributed by atoms with Crippen molar-refractivity contribution in [3.63, 3.8) is 0 Å². The molecule has 8 heteroatoms. The Balaban J connectivity index is 1.53. The van der Waals surface area contributed by atoms with Crippen molar-refractivity contribution in [2.45, 2.75) is 25.4 Å². The van der Waals surface area contributed by atoms with Gasteiger partial charge in [-0.05, 0) is 35.7 Å². The maximum atomic E-state index is 12.7. The van der Waals surface area contributed by atoms with Crippen LogP contribution in [0.1, 0.15) is 23.8 Å². The number of nitrogens with zero attached hydrogens (tertiary/aromatic N) is 3. The molecule has 0 spiro atoms. The van der Waals surface area contributed by atoms with Gasteiger partial charge in [-0.15, -0.1) is 27.8 Å². The molecule has 4 heterocycles. The van der Waals surface area contributed by atoms with E-state index in [0.29, 0.717) is 6.54 Å². The molecule has 1 amide bonds. The minimum Gasteiger partial charge on any atom is -0.387 e. The summed E-state index contributed by atoms with van der Waals surface area (Å²) in [5, 5.41) is 8.06. The van der Waals surface area contributed by atoms with E-state index in [2.05, 4.69) is 11.2 Å². The first kappa shape index (κ1) is 15.3. The van der Waals surface area contributed by atoms with Gasteiger partial charge in [0, 0.05) is 11.4 Å². The van der Waals surface area contributed by atoms with Crippen LogP contribution in [0, 0.1) is 0 Å². The second-order valence-electron chi connectivity index (χ2n) is 5.57. The van der Waals surface area contributed by atoms with E-state index in [0.717, 1.165) is 22.4 Å². The van der Waals surface area contributed by atoms with Gasteiger partial charge in [-0.25, -0.2) is 4.79 Å². The molecule has 6 nitrogen and oxygen atoms in total. The molecular formula is C16H15N3O3S2. The molecule has 1 fully saturated rings. The lowest BCUT2D eigenvalue weighted by atomic mass is 10.2. The van der Waals surface area contributed by atoms with Crippen LogP contribution in [-0.2, 0) is 11.3 Å². The van der Waals surface area contributed by atoms with Gasteiger partial charge in [0.25, 0.3) is 5.89 Å². The monoisotopic (exact) mass is 361 g/mol. The van der Waals surface area contributed by atoms with Crippen LogP contribution in [0.15, 0.2) is 44.2 Å². The molecule has 3 aromatic rings. The second kappa shape index (κ2) is 6.37. The SMILES string of the molecule is O=C(Cn1nc(-c2cccs2)oc1=O)N1CCC[C@H]1c1cccs1. The Morgan fingerprint density at radius 1 is 1.29 bits per heavy atom. The van der Waals surface area contributed by atoms with Gasteiger partial charge >= 0.3 is 5.76 Å². The zero-order chi connectivity index (χ0) is 16.5. The van der Waals surface area contributed by atoms with E-state index in [9.17, 15) is 9.59 Å². The Kier molecular flexibility index (Phi) is 4.07.